The molecule has 0 spiro atoms. The monoisotopic (exact) mass is 375 g/mol. The summed E-state index contributed by atoms with van der Waals surface area (Å²) >= 11 is 3.43. The van der Waals surface area contributed by atoms with Gasteiger partial charge in [0.1, 0.15) is 5.75 Å². The molecule has 1 amide bonds. The molecule has 0 fully saturated rings. The van der Waals surface area contributed by atoms with Gasteiger partial charge in [-0.3, -0.25) is 4.79 Å². The minimum Gasteiger partial charge on any atom is -0.496 e. The number of hydrogen-bond donors (Lipinski definition) is 1. The molecular formula is C19H22BrNO2. The molecule has 4 heteroatoms. The third kappa shape index (κ3) is 4.83. The first-order valence-corrected chi connectivity index (χ1v) is 8.51. The second-order valence-electron chi connectivity index (χ2n) is 5.56. The van der Waals surface area contributed by atoms with E-state index in [0.29, 0.717) is 6.42 Å². The van der Waals surface area contributed by atoms with Crippen molar-refractivity contribution in [2.75, 3.05) is 7.11 Å². The van der Waals surface area contributed by atoms with Gasteiger partial charge in [-0.2, -0.15) is 0 Å². The van der Waals surface area contributed by atoms with Gasteiger partial charge in [0.15, 0.2) is 0 Å². The summed E-state index contributed by atoms with van der Waals surface area (Å²) in [5, 5.41) is 3.12. The predicted molar refractivity (Wildman–Crippen MR) is 96.8 cm³/mol. The molecule has 0 radical (unpaired) electrons. The third-order valence-corrected chi connectivity index (χ3v) is 4.31. The van der Waals surface area contributed by atoms with Crippen molar-refractivity contribution >= 4 is 21.8 Å². The maximum atomic E-state index is 12.3. The Morgan fingerprint density at radius 2 is 2.04 bits per heavy atom. The first-order valence-electron chi connectivity index (χ1n) is 7.71. The number of ether oxygens (including phenoxy) is 1. The van der Waals surface area contributed by atoms with Crippen molar-refractivity contribution in [3.63, 3.8) is 0 Å². The molecule has 122 valence electrons. The minimum absolute atomic E-state index is 0.0132. The lowest BCUT2D eigenvalue weighted by Crippen LogP contribution is -2.29. The Hall–Kier alpha value is -1.81. The van der Waals surface area contributed by atoms with Gasteiger partial charge in [-0.25, -0.2) is 0 Å². The van der Waals surface area contributed by atoms with E-state index in [2.05, 4.69) is 34.2 Å². The van der Waals surface area contributed by atoms with Gasteiger partial charge < -0.3 is 10.1 Å². The number of benzene rings is 2. The number of nitrogens with one attached hydrogen (secondary N) is 1. The lowest BCUT2D eigenvalue weighted by atomic mass is 10.0. The second-order valence-corrected chi connectivity index (χ2v) is 6.48. The van der Waals surface area contributed by atoms with E-state index in [1.165, 1.54) is 0 Å². The molecule has 0 heterocycles. The van der Waals surface area contributed by atoms with Crippen LogP contribution in [0.3, 0.4) is 0 Å². The summed E-state index contributed by atoms with van der Waals surface area (Å²) in [7, 11) is 1.67. The van der Waals surface area contributed by atoms with Crippen molar-refractivity contribution in [3.05, 3.63) is 63.6 Å². The fraction of sp³-hybridized carbons (Fsp3) is 0.316. The molecule has 2 aromatic rings. The summed E-state index contributed by atoms with van der Waals surface area (Å²) in [5.41, 5.74) is 3.18. The van der Waals surface area contributed by atoms with Crippen molar-refractivity contribution < 1.29 is 9.53 Å². The summed E-state index contributed by atoms with van der Waals surface area (Å²) < 4.78 is 6.28. The molecule has 0 aromatic heterocycles. The largest absolute Gasteiger partial charge is 0.496 e. The predicted octanol–water partition coefficient (Wildman–Crippen LogP) is 4.58. The van der Waals surface area contributed by atoms with E-state index >= 15 is 0 Å². The van der Waals surface area contributed by atoms with Crippen LogP contribution in [0.5, 0.6) is 5.75 Å². The van der Waals surface area contributed by atoms with Crippen LogP contribution in [0.15, 0.2) is 46.9 Å². The molecule has 2 rings (SSSR count). The maximum Gasteiger partial charge on any atom is 0.224 e. The van der Waals surface area contributed by atoms with Crippen LogP contribution >= 0.6 is 15.9 Å². The van der Waals surface area contributed by atoms with E-state index < -0.39 is 0 Å². The summed E-state index contributed by atoms with van der Waals surface area (Å²) in [6.07, 6.45) is 1.22. The molecule has 23 heavy (non-hydrogen) atoms. The van der Waals surface area contributed by atoms with Crippen molar-refractivity contribution in [2.24, 2.45) is 0 Å². The van der Waals surface area contributed by atoms with Gasteiger partial charge in [0.05, 0.1) is 19.6 Å². The number of carbonyl (C=O) groups excluding carboxylic acids is 1. The average molecular weight is 376 g/mol. The average Bonchev–Trinajstić information content (AvgIpc) is 2.52. The Labute approximate surface area is 146 Å². The number of amides is 1. The summed E-state index contributed by atoms with van der Waals surface area (Å²) in [6, 6.07) is 13.9. The zero-order valence-corrected chi connectivity index (χ0v) is 15.3. The van der Waals surface area contributed by atoms with Crippen molar-refractivity contribution in [1.29, 1.82) is 0 Å². The van der Waals surface area contributed by atoms with Gasteiger partial charge in [-0.05, 0) is 48.2 Å². The topological polar surface area (TPSA) is 38.3 Å². The molecule has 0 saturated heterocycles. The van der Waals surface area contributed by atoms with Gasteiger partial charge in [0.25, 0.3) is 0 Å². The van der Waals surface area contributed by atoms with Gasteiger partial charge in [0.2, 0.25) is 5.91 Å². The maximum absolute atomic E-state index is 12.3. The third-order valence-electron chi connectivity index (χ3n) is 3.82. The first kappa shape index (κ1) is 17.5. The molecule has 0 bridgehead atoms. The summed E-state index contributed by atoms with van der Waals surface area (Å²) in [5.74, 6) is 0.896. The smallest absolute Gasteiger partial charge is 0.224 e. The number of hydrogen-bond acceptors (Lipinski definition) is 2. The second kappa shape index (κ2) is 8.16. The van der Waals surface area contributed by atoms with Crippen LogP contribution < -0.4 is 10.1 Å². The highest BCUT2D eigenvalue weighted by atomic mass is 79.9. The van der Waals surface area contributed by atoms with Crippen LogP contribution in [0.4, 0.5) is 0 Å². The molecule has 1 atom stereocenters. The van der Waals surface area contributed by atoms with Gasteiger partial charge >= 0.3 is 0 Å². The van der Waals surface area contributed by atoms with Crippen LogP contribution in [-0.2, 0) is 11.2 Å². The van der Waals surface area contributed by atoms with Crippen LogP contribution in [0.2, 0.25) is 0 Å². The molecular weight excluding hydrogens is 354 g/mol. The molecule has 0 aliphatic rings. The molecule has 2 aromatic carbocycles. The first-order chi connectivity index (χ1) is 11.0. The molecule has 0 aliphatic carbocycles. The van der Waals surface area contributed by atoms with Crippen molar-refractivity contribution in [1.82, 2.24) is 5.32 Å². The Balaban J connectivity index is 2.06. The lowest BCUT2D eigenvalue weighted by Gasteiger charge is -2.19. The lowest BCUT2D eigenvalue weighted by molar-refractivity contribution is -0.121. The van der Waals surface area contributed by atoms with Gasteiger partial charge in [-0.1, -0.05) is 47.1 Å². The van der Waals surface area contributed by atoms with Crippen molar-refractivity contribution in [2.45, 2.75) is 32.7 Å². The highest BCUT2D eigenvalue weighted by molar-refractivity contribution is 9.10. The molecule has 0 unspecified atom stereocenters. The highest BCUT2D eigenvalue weighted by Gasteiger charge is 2.14. The zero-order chi connectivity index (χ0) is 16.8. The number of carbonyl (C=O) groups is 1. The number of methoxy groups -OCH3 is 1. The van der Waals surface area contributed by atoms with Crippen LogP contribution in [0, 0.1) is 6.92 Å². The minimum atomic E-state index is 0.0132. The summed E-state index contributed by atoms with van der Waals surface area (Å²) in [6.45, 7) is 4.09. The van der Waals surface area contributed by atoms with E-state index in [1.54, 1.807) is 7.11 Å². The fourth-order valence-electron chi connectivity index (χ4n) is 2.62. The normalized spacial score (nSPS) is 11.8. The number of rotatable bonds is 6. The molecule has 0 saturated carbocycles. The zero-order valence-electron chi connectivity index (χ0n) is 13.7. The van der Waals surface area contributed by atoms with Crippen LogP contribution in [-0.4, -0.2) is 13.0 Å². The van der Waals surface area contributed by atoms with E-state index in [4.69, 9.17) is 4.74 Å². The molecule has 1 N–H and O–H groups in total. The van der Waals surface area contributed by atoms with Crippen molar-refractivity contribution in [3.8, 4) is 5.75 Å². The van der Waals surface area contributed by atoms with E-state index in [9.17, 15) is 4.79 Å². The molecule has 0 aliphatic heterocycles. The standard InChI is InChI=1S/C19H22BrNO2/c1-4-17(15-8-9-18(23-3)13(2)10-15)21-19(22)12-14-6-5-7-16(20)11-14/h5-11,17H,4,12H2,1-3H3,(H,21,22)/t17-/m0/s1. The van der Waals surface area contributed by atoms with E-state index in [-0.39, 0.29) is 11.9 Å². The van der Waals surface area contributed by atoms with Crippen LogP contribution in [0.1, 0.15) is 36.1 Å². The number of aryl methyl sites for hydroxylation is 1. The fourth-order valence-corrected chi connectivity index (χ4v) is 3.06. The Morgan fingerprint density at radius 3 is 2.65 bits per heavy atom. The van der Waals surface area contributed by atoms with E-state index in [0.717, 1.165) is 33.3 Å². The van der Waals surface area contributed by atoms with Gasteiger partial charge in [0, 0.05) is 4.47 Å². The van der Waals surface area contributed by atoms with E-state index in [1.807, 2.05) is 43.3 Å². The number of halogens is 1. The van der Waals surface area contributed by atoms with Crippen LogP contribution in [0.25, 0.3) is 0 Å². The Morgan fingerprint density at radius 1 is 1.26 bits per heavy atom. The Kier molecular flexibility index (Phi) is 6.22. The molecule has 3 nitrogen and oxygen atoms in total. The highest BCUT2D eigenvalue weighted by Crippen LogP contribution is 2.24. The quantitative estimate of drug-likeness (QED) is 0.802. The Bertz CT molecular complexity index is 685. The summed E-state index contributed by atoms with van der Waals surface area (Å²) in [4.78, 5) is 12.3. The SMILES string of the molecule is CC[C@H](NC(=O)Cc1cccc(Br)c1)c1ccc(OC)c(C)c1. The van der Waals surface area contributed by atoms with Gasteiger partial charge in [-0.15, -0.1) is 0 Å².